The van der Waals surface area contributed by atoms with Crippen LogP contribution in [0.15, 0.2) is 96.3 Å². The third-order valence-electron chi connectivity index (χ3n) is 6.50. The molecule has 0 amide bonds. The van der Waals surface area contributed by atoms with Crippen LogP contribution in [0.25, 0.3) is 17.2 Å². The van der Waals surface area contributed by atoms with E-state index in [-0.39, 0.29) is 24.8 Å². The van der Waals surface area contributed by atoms with Crippen LogP contribution < -0.4 is 33.4 Å². The SMILES string of the molecule is Cc1ccccc1PC1=Cc2ccccc2[CH]1[Zr+2][c]1cccc2c1Cc1ccccc1-2.[Cl-].[Cl-]. The summed E-state index contributed by atoms with van der Waals surface area (Å²) in [5.41, 5.74) is 10.5. The van der Waals surface area contributed by atoms with Crippen molar-refractivity contribution in [2.75, 3.05) is 0 Å². The molecule has 0 fully saturated rings. The second-order valence-corrected chi connectivity index (χ2v) is 13.2. The second kappa shape index (κ2) is 10.4. The molecule has 6 rings (SSSR count). The summed E-state index contributed by atoms with van der Waals surface area (Å²) in [6.07, 6.45) is 3.61. The minimum absolute atomic E-state index is 0. The van der Waals surface area contributed by atoms with Crippen molar-refractivity contribution in [1.82, 2.24) is 0 Å². The van der Waals surface area contributed by atoms with Gasteiger partial charge >= 0.3 is 199 Å². The zero-order chi connectivity index (χ0) is 20.8. The zero-order valence-corrected chi connectivity index (χ0v) is 23.2. The molecule has 0 N–H and O–H groups in total. The van der Waals surface area contributed by atoms with Gasteiger partial charge in [0.1, 0.15) is 0 Å². The van der Waals surface area contributed by atoms with Crippen molar-refractivity contribution in [3.8, 4) is 11.1 Å². The first-order valence-electron chi connectivity index (χ1n) is 10.9. The first-order valence-corrected chi connectivity index (χ1v) is 14.5. The molecule has 0 aromatic heterocycles. The van der Waals surface area contributed by atoms with E-state index >= 15 is 0 Å². The Kier molecular flexibility index (Phi) is 7.77. The molecule has 0 heterocycles. The molecule has 4 aromatic rings. The Hall–Kier alpha value is -1.49. The Morgan fingerprint density at radius 1 is 0.758 bits per heavy atom. The molecule has 2 aliphatic carbocycles. The van der Waals surface area contributed by atoms with Crippen LogP contribution in [0.1, 0.15) is 31.4 Å². The molecule has 2 aliphatic rings. The van der Waals surface area contributed by atoms with E-state index in [1.54, 1.807) is 19.7 Å². The Morgan fingerprint density at radius 2 is 1.48 bits per heavy atom. The quantitative estimate of drug-likeness (QED) is 0.277. The number of halogens is 2. The van der Waals surface area contributed by atoms with E-state index in [9.17, 15) is 0 Å². The van der Waals surface area contributed by atoms with Crippen LogP contribution in [0.3, 0.4) is 0 Å². The van der Waals surface area contributed by atoms with Crippen LogP contribution in [-0.2, 0) is 29.7 Å². The Labute approximate surface area is 222 Å². The molecule has 0 radical (unpaired) electrons. The van der Waals surface area contributed by atoms with Gasteiger partial charge < -0.3 is 24.8 Å². The average molecular weight is 565 g/mol. The fraction of sp³-hybridized carbons (Fsp3) is 0.103. The van der Waals surface area contributed by atoms with Gasteiger partial charge in [-0.1, -0.05) is 0 Å². The van der Waals surface area contributed by atoms with Crippen molar-refractivity contribution in [1.29, 1.82) is 0 Å². The second-order valence-electron chi connectivity index (χ2n) is 8.41. The number of hydrogen-bond donors (Lipinski definition) is 0. The summed E-state index contributed by atoms with van der Waals surface area (Å²) in [6, 6.07) is 34.0. The molecule has 0 bridgehead atoms. The number of hydrogen-bond acceptors (Lipinski definition) is 0. The van der Waals surface area contributed by atoms with Crippen molar-refractivity contribution in [2.24, 2.45) is 0 Å². The molecule has 0 nitrogen and oxygen atoms in total. The summed E-state index contributed by atoms with van der Waals surface area (Å²) in [6.45, 7) is 2.25. The van der Waals surface area contributed by atoms with Crippen molar-refractivity contribution in [3.63, 3.8) is 0 Å². The van der Waals surface area contributed by atoms with E-state index in [1.807, 2.05) is 0 Å². The fourth-order valence-corrected chi connectivity index (χ4v) is 11.0. The maximum absolute atomic E-state index is 2.50. The summed E-state index contributed by atoms with van der Waals surface area (Å²) in [5, 5.41) is 3.15. The number of allylic oxidation sites excluding steroid dienone is 1. The maximum Gasteiger partial charge on any atom is -1.00 e. The number of rotatable bonds is 4. The molecular weight excluding hydrogens is 541 g/mol. The van der Waals surface area contributed by atoms with E-state index in [1.165, 1.54) is 33.1 Å². The standard InChI is InChI=1S/C16H14P.C13H9.2ClH.Zr/c1-12-6-2-5-9-16(12)17-15-10-13-7-3-4-8-14(13)11-15;1-3-7-12-10(5-1)9-11-6-2-4-8-13(11)12;;;/h2-11,17H,1H3;1-5,7-8H,9H2;2*1H;/q;;;;+2/p-2. The van der Waals surface area contributed by atoms with E-state index in [0.29, 0.717) is 3.63 Å². The van der Waals surface area contributed by atoms with Gasteiger partial charge in [-0.15, -0.1) is 0 Å². The normalized spacial score (nSPS) is 15.1. The predicted molar refractivity (Wildman–Crippen MR) is 131 cm³/mol. The first-order chi connectivity index (χ1) is 15.3. The van der Waals surface area contributed by atoms with Crippen molar-refractivity contribution < 1.29 is 48.0 Å². The molecule has 0 saturated heterocycles. The van der Waals surface area contributed by atoms with Crippen LogP contribution in [-0.4, -0.2) is 0 Å². The van der Waals surface area contributed by atoms with Crippen LogP contribution in [0.4, 0.5) is 0 Å². The average Bonchev–Trinajstić information content (AvgIpc) is 3.34. The van der Waals surface area contributed by atoms with Crippen molar-refractivity contribution in [2.45, 2.75) is 17.0 Å². The van der Waals surface area contributed by atoms with Gasteiger partial charge in [-0.2, -0.15) is 0 Å². The smallest absolute Gasteiger partial charge is 1.00 e. The third kappa shape index (κ3) is 4.59. The minimum Gasteiger partial charge on any atom is -1.00 e. The summed E-state index contributed by atoms with van der Waals surface area (Å²) < 4.78 is 2.31. The minimum atomic E-state index is -0.875. The molecule has 4 heteroatoms. The van der Waals surface area contributed by atoms with Crippen molar-refractivity contribution in [3.05, 3.63) is 124 Å². The molecule has 4 aromatic carbocycles. The first kappa shape index (κ1) is 24.6. The Balaban J connectivity index is 0.00000130. The molecule has 0 aliphatic heterocycles. The predicted octanol–water partition coefficient (Wildman–Crippen LogP) is 0.382. The maximum atomic E-state index is 2.50. The largest absolute Gasteiger partial charge is 1.00 e. The van der Waals surface area contributed by atoms with Gasteiger partial charge in [0.2, 0.25) is 0 Å². The van der Waals surface area contributed by atoms with Gasteiger partial charge in [0.15, 0.2) is 0 Å². The molecule has 2 unspecified atom stereocenters. The fourth-order valence-electron chi connectivity index (χ4n) is 4.90. The summed E-state index contributed by atoms with van der Waals surface area (Å²) in [7, 11) is 0.767. The molecule has 0 spiro atoms. The van der Waals surface area contributed by atoms with Crippen LogP contribution >= 0.6 is 8.58 Å². The van der Waals surface area contributed by atoms with E-state index in [4.69, 9.17) is 0 Å². The van der Waals surface area contributed by atoms with Crippen molar-refractivity contribution >= 4 is 23.2 Å². The van der Waals surface area contributed by atoms with Crippen LogP contribution in [0.5, 0.6) is 0 Å². The molecule has 2 atom stereocenters. The zero-order valence-electron chi connectivity index (χ0n) is 18.3. The van der Waals surface area contributed by atoms with Gasteiger partial charge in [0, 0.05) is 0 Å². The topological polar surface area (TPSA) is 0 Å². The number of benzene rings is 4. The van der Waals surface area contributed by atoms with Gasteiger partial charge in [0.05, 0.1) is 0 Å². The van der Waals surface area contributed by atoms with Gasteiger partial charge in [-0.3, -0.25) is 0 Å². The molecule has 33 heavy (non-hydrogen) atoms. The Bertz CT molecular complexity index is 1350. The van der Waals surface area contributed by atoms with E-state index < -0.39 is 23.2 Å². The van der Waals surface area contributed by atoms with Crippen LogP contribution in [0.2, 0.25) is 0 Å². The van der Waals surface area contributed by atoms with E-state index in [0.717, 1.165) is 15.0 Å². The molecule has 162 valence electrons. The molecular formula is C29H23Cl2PZr. The van der Waals surface area contributed by atoms with Gasteiger partial charge in [-0.25, -0.2) is 0 Å². The molecule has 0 saturated carbocycles. The Morgan fingerprint density at radius 3 is 2.36 bits per heavy atom. The number of aryl methyl sites for hydroxylation is 1. The summed E-state index contributed by atoms with van der Waals surface area (Å²) in [5.74, 6) is 0. The van der Waals surface area contributed by atoms with Crippen LogP contribution in [0, 0.1) is 6.92 Å². The van der Waals surface area contributed by atoms with Gasteiger partial charge in [0.25, 0.3) is 0 Å². The monoisotopic (exact) mass is 562 g/mol. The summed E-state index contributed by atoms with van der Waals surface area (Å²) >= 11 is -0.875. The number of fused-ring (bicyclic) bond motifs is 4. The third-order valence-corrected chi connectivity index (χ3v) is 12.9. The van der Waals surface area contributed by atoms with Gasteiger partial charge in [-0.05, 0) is 0 Å². The summed E-state index contributed by atoms with van der Waals surface area (Å²) in [4.78, 5) is 0. The van der Waals surface area contributed by atoms with E-state index in [2.05, 4.69) is 104 Å².